The molecular formula is C47H69Br3N8O2S2. The Morgan fingerprint density at radius 1 is 0.661 bits per heavy atom. The standard InChI is InChI=1S/C23H31BrN4OS.C17H26N2OS.C6H6Br2N2.CH4.H2/c1-15-20(24)25-16(2)21(26-15)28-12-10-23(11-13-28)14-17-8-6-7-9-18(17)19(23)27-30(29)22(3,4)5;1-16(2,3)21(20)19-15-14-7-5-4-6-13(14)12-17(15)8-10-18-11-9-17;1-3-5(7)10-4(2)6(8)9-3;;/h6-9,19,27H,10-14H2,1-5H3;4-7,15,18-19H,8-12H2,1-3H3;1-2H3;1H4;1H/t19-,30-;15-,21-;;;/m11.../s1/i;;;;1+2D. The third-order valence-corrected chi connectivity index (χ3v) is 17.9. The molecular weight excluding hydrogens is 1010 g/mol. The average Bonchev–Trinajstić information content (AvgIpc) is 3.69. The summed E-state index contributed by atoms with van der Waals surface area (Å²) in [6.45, 7) is 24.0. The van der Waals surface area contributed by atoms with Gasteiger partial charge in [-0.25, -0.2) is 37.8 Å². The first-order chi connectivity index (χ1) is 29.6. The zero-order valence-electron chi connectivity index (χ0n) is 39.3. The zero-order chi connectivity index (χ0) is 46.5. The smallest absolute Gasteiger partial charge is 0.150 e. The summed E-state index contributed by atoms with van der Waals surface area (Å²) in [7, 11) is -2.14. The fraction of sp³-hybridized carbons (Fsp3) is 0.574. The van der Waals surface area contributed by atoms with Crippen LogP contribution in [0.3, 0.4) is 0 Å². The van der Waals surface area contributed by atoms with E-state index in [1.807, 2.05) is 69.2 Å². The van der Waals surface area contributed by atoms with Gasteiger partial charge in [0.2, 0.25) is 0 Å². The van der Waals surface area contributed by atoms with Crippen molar-refractivity contribution >= 4 is 75.6 Å². The van der Waals surface area contributed by atoms with E-state index in [-0.39, 0.29) is 39.8 Å². The summed E-state index contributed by atoms with van der Waals surface area (Å²) in [6, 6.07) is 17.7. The second kappa shape index (κ2) is 20.7. The number of aromatic nitrogens is 4. The lowest BCUT2D eigenvalue weighted by Crippen LogP contribution is -2.48. The normalized spacial score (nSPS) is 21.0. The summed E-state index contributed by atoms with van der Waals surface area (Å²) < 4.78 is 44.6. The van der Waals surface area contributed by atoms with Crippen LogP contribution in [0.15, 0.2) is 62.3 Å². The predicted octanol–water partition coefficient (Wildman–Crippen LogP) is 11.0. The van der Waals surface area contributed by atoms with Gasteiger partial charge in [0.05, 0.1) is 66.3 Å². The van der Waals surface area contributed by atoms with E-state index in [4.69, 9.17) is 7.95 Å². The summed E-state index contributed by atoms with van der Waals surface area (Å²) in [5.41, 5.74) is 9.51. The Kier molecular flexibility index (Phi) is 16.5. The first-order valence-corrected chi connectivity index (χ1v) is 26.0. The van der Waals surface area contributed by atoms with Crippen molar-refractivity contribution in [3.63, 3.8) is 0 Å². The monoisotopic (exact) mass is 1080 g/mol. The van der Waals surface area contributed by atoms with E-state index in [0.29, 0.717) is 0 Å². The second-order valence-electron chi connectivity index (χ2n) is 19.1. The Morgan fingerprint density at radius 3 is 1.45 bits per heavy atom. The number of benzene rings is 2. The molecule has 2 aromatic heterocycles. The van der Waals surface area contributed by atoms with Crippen LogP contribution in [0, 0.1) is 38.5 Å². The van der Waals surface area contributed by atoms with Crippen LogP contribution >= 0.6 is 47.8 Å². The largest absolute Gasteiger partial charge is 0.355 e. The van der Waals surface area contributed by atoms with Crippen LogP contribution < -0.4 is 19.7 Å². The van der Waals surface area contributed by atoms with Crippen molar-refractivity contribution in [1.82, 2.24) is 34.7 Å². The van der Waals surface area contributed by atoms with Gasteiger partial charge in [-0.3, -0.25) is 0 Å². The van der Waals surface area contributed by atoms with Crippen LogP contribution in [0.2, 0.25) is 0 Å². The number of rotatable bonds is 5. The van der Waals surface area contributed by atoms with Crippen LogP contribution in [0.25, 0.3) is 0 Å². The van der Waals surface area contributed by atoms with E-state index < -0.39 is 22.0 Å². The molecule has 342 valence electrons. The van der Waals surface area contributed by atoms with Gasteiger partial charge in [-0.05, 0) is 202 Å². The number of piperidine rings is 2. The van der Waals surface area contributed by atoms with Crippen molar-refractivity contribution in [2.75, 3.05) is 31.1 Å². The van der Waals surface area contributed by atoms with E-state index in [1.165, 1.54) is 22.3 Å². The highest BCUT2D eigenvalue weighted by molar-refractivity contribution is 9.11. The van der Waals surface area contributed by atoms with Crippen molar-refractivity contribution in [3.8, 4) is 0 Å². The number of halogens is 3. The summed E-state index contributed by atoms with van der Waals surface area (Å²) in [5.74, 6) is 0.990. The third-order valence-electron chi connectivity index (χ3n) is 12.6. The number of hydrogen-bond donors (Lipinski definition) is 3. The second-order valence-corrected chi connectivity index (χ2v) is 25.3. The van der Waals surface area contributed by atoms with Crippen LogP contribution in [0.4, 0.5) is 5.82 Å². The van der Waals surface area contributed by atoms with E-state index in [9.17, 15) is 8.42 Å². The summed E-state index contributed by atoms with van der Waals surface area (Å²) in [6.07, 6.45) is 6.54. The van der Waals surface area contributed by atoms with Gasteiger partial charge in [-0.1, -0.05) is 56.0 Å². The van der Waals surface area contributed by atoms with Crippen molar-refractivity contribution in [2.45, 2.75) is 137 Å². The van der Waals surface area contributed by atoms with Gasteiger partial charge >= 0.3 is 0 Å². The Balaban J connectivity index is 0.000000229. The van der Waals surface area contributed by atoms with Crippen molar-refractivity contribution < 1.29 is 11.4 Å². The molecule has 2 aliphatic heterocycles. The fourth-order valence-electron chi connectivity index (χ4n) is 8.95. The number of hydrogen-bond acceptors (Lipinski definition) is 8. The molecule has 10 nitrogen and oxygen atoms in total. The third kappa shape index (κ3) is 11.5. The maximum absolute atomic E-state index is 13.0. The molecule has 15 heteroatoms. The van der Waals surface area contributed by atoms with Gasteiger partial charge in [0.25, 0.3) is 0 Å². The summed E-state index contributed by atoms with van der Waals surface area (Å²) >= 11 is 10.1. The molecule has 0 unspecified atom stereocenters. The van der Waals surface area contributed by atoms with E-state index in [0.717, 1.165) is 107 Å². The van der Waals surface area contributed by atoms with Gasteiger partial charge in [-0.2, -0.15) is 0 Å². The Morgan fingerprint density at radius 2 is 1.03 bits per heavy atom. The first kappa shape index (κ1) is 49.5. The molecule has 62 heavy (non-hydrogen) atoms. The van der Waals surface area contributed by atoms with Gasteiger partial charge in [0.1, 0.15) is 19.6 Å². The highest BCUT2D eigenvalue weighted by Crippen LogP contribution is 2.53. The molecule has 2 aliphatic carbocycles. The topological polar surface area (TPSA) is 125 Å². The first-order valence-electron chi connectivity index (χ1n) is 22.3. The molecule has 4 heterocycles. The summed E-state index contributed by atoms with van der Waals surface area (Å²) in [5, 5.41) is 3.46. The molecule has 3 N–H and O–H groups in total. The molecule has 0 saturated carbocycles. The minimum atomic E-state index is -1.11. The number of aryl methyl sites for hydroxylation is 4. The minimum absolute atomic E-state index is 0. The lowest BCUT2D eigenvalue weighted by molar-refractivity contribution is 0.165. The maximum Gasteiger partial charge on any atom is 0.150 e. The molecule has 4 atom stereocenters. The van der Waals surface area contributed by atoms with Crippen LogP contribution in [-0.2, 0) is 34.8 Å². The lowest BCUT2D eigenvalue weighted by atomic mass is 9.73. The molecule has 2 spiro atoms. The fourth-order valence-corrected chi connectivity index (χ4v) is 11.9. The molecule has 0 amide bonds. The number of fused-ring (bicyclic) bond motifs is 2. The van der Waals surface area contributed by atoms with Crippen molar-refractivity contribution in [1.29, 1.82) is 0 Å². The number of nitrogens with one attached hydrogen (secondary N) is 3. The Labute approximate surface area is 404 Å². The van der Waals surface area contributed by atoms with Gasteiger partial charge in [0, 0.05) is 16.1 Å². The molecule has 2 fully saturated rings. The van der Waals surface area contributed by atoms with Gasteiger partial charge < -0.3 is 10.2 Å². The van der Waals surface area contributed by atoms with Gasteiger partial charge in [0.15, 0.2) is 0 Å². The minimum Gasteiger partial charge on any atom is -0.355 e. The quantitative estimate of drug-likeness (QED) is 0.181. The number of anilines is 1. The van der Waals surface area contributed by atoms with Crippen LogP contribution in [0.5, 0.6) is 0 Å². The van der Waals surface area contributed by atoms with E-state index in [1.54, 1.807) is 0 Å². The van der Waals surface area contributed by atoms with Gasteiger partial charge in [-0.15, -0.1) is 0 Å². The van der Waals surface area contributed by atoms with E-state index >= 15 is 0 Å². The predicted molar refractivity (Wildman–Crippen MR) is 271 cm³/mol. The Bertz CT molecular complexity index is 2210. The number of nitrogens with zero attached hydrogens (tertiary/aromatic N) is 5. The molecule has 2 aromatic carbocycles. The zero-order valence-corrected chi connectivity index (χ0v) is 43.7. The lowest BCUT2D eigenvalue weighted by Gasteiger charge is -2.44. The van der Waals surface area contributed by atoms with Crippen molar-refractivity contribution in [3.05, 3.63) is 107 Å². The molecule has 4 aliphatic rings. The average molecular weight is 1080 g/mol. The highest BCUT2D eigenvalue weighted by atomic mass is 79.9. The Hall–Kier alpha value is -1.98. The van der Waals surface area contributed by atoms with Crippen LogP contribution in [0.1, 0.15) is 135 Å². The molecule has 0 bridgehead atoms. The highest BCUT2D eigenvalue weighted by Gasteiger charge is 2.50. The maximum atomic E-state index is 13.0. The molecule has 0 radical (unpaired) electrons. The molecule has 2 saturated heterocycles. The van der Waals surface area contributed by atoms with Crippen molar-refractivity contribution in [2.24, 2.45) is 10.8 Å². The summed E-state index contributed by atoms with van der Waals surface area (Å²) in [4.78, 5) is 20.1. The SMILES string of the molecule is C.CC(C)(C)[S@@](=O)N[C@@H]1c2ccccc2CC12CCNCC2.Cc1nc(Br)c(C)nc1Br.Cc1nc(N2CCC3(CC2)Cc2ccccc2[C@H]3N[S@](=O)C(C)(C)C)c(C)nc1Br.[2H][3H]. The molecule has 8 rings (SSSR count). The van der Waals surface area contributed by atoms with E-state index in [2.05, 4.69) is 131 Å². The molecule has 4 aromatic rings. The van der Waals surface area contributed by atoms with Crippen LogP contribution in [-0.4, -0.2) is 64.0 Å².